The van der Waals surface area contributed by atoms with Gasteiger partial charge in [-0.2, -0.15) is 0 Å². The molecule has 0 aromatic carbocycles. The number of amides is 1. The predicted octanol–water partition coefficient (Wildman–Crippen LogP) is 1.54. The smallest absolute Gasteiger partial charge is 0.225 e. The van der Waals surface area contributed by atoms with Crippen LogP contribution in [0, 0.1) is 0 Å². The van der Waals surface area contributed by atoms with Gasteiger partial charge in [-0.1, -0.05) is 0 Å². The van der Waals surface area contributed by atoms with Crippen molar-refractivity contribution in [3.8, 4) is 0 Å². The van der Waals surface area contributed by atoms with Crippen molar-refractivity contribution in [3.05, 3.63) is 0 Å². The maximum absolute atomic E-state index is 12.4. The van der Waals surface area contributed by atoms with Gasteiger partial charge < -0.3 is 15.0 Å². The van der Waals surface area contributed by atoms with Crippen LogP contribution in [0.3, 0.4) is 0 Å². The van der Waals surface area contributed by atoms with Gasteiger partial charge in [0.15, 0.2) is 0 Å². The predicted molar refractivity (Wildman–Crippen MR) is 71.5 cm³/mol. The van der Waals surface area contributed by atoms with Crippen LogP contribution >= 0.6 is 0 Å². The van der Waals surface area contributed by atoms with E-state index in [1.165, 1.54) is 12.8 Å². The van der Waals surface area contributed by atoms with Crippen LogP contribution in [-0.2, 0) is 9.53 Å². The van der Waals surface area contributed by atoms with E-state index < -0.39 is 0 Å². The van der Waals surface area contributed by atoms with E-state index in [0.717, 1.165) is 25.9 Å². The normalized spacial score (nSPS) is 28.9. The van der Waals surface area contributed by atoms with E-state index in [4.69, 9.17) is 4.74 Å². The van der Waals surface area contributed by atoms with E-state index in [-0.39, 0.29) is 11.5 Å². The zero-order valence-electron chi connectivity index (χ0n) is 11.9. The van der Waals surface area contributed by atoms with Gasteiger partial charge in [0.2, 0.25) is 5.91 Å². The standard InChI is InChI=1S/C14H26N2O2/c1-14(2,18-3)10-13(17)16-9-5-7-12(16)11-6-4-8-15-11/h11-12,15H,4-10H2,1-3H3. The van der Waals surface area contributed by atoms with Crippen LogP contribution in [0.2, 0.25) is 0 Å². The van der Waals surface area contributed by atoms with Gasteiger partial charge >= 0.3 is 0 Å². The number of hydrogen-bond donors (Lipinski definition) is 1. The summed E-state index contributed by atoms with van der Waals surface area (Å²) in [7, 11) is 1.67. The third kappa shape index (κ3) is 3.04. The van der Waals surface area contributed by atoms with E-state index in [1.54, 1.807) is 7.11 Å². The van der Waals surface area contributed by atoms with Crippen molar-refractivity contribution >= 4 is 5.91 Å². The number of hydrogen-bond acceptors (Lipinski definition) is 3. The van der Waals surface area contributed by atoms with Gasteiger partial charge in [-0.05, 0) is 46.1 Å². The van der Waals surface area contributed by atoms with Gasteiger partial charge in [0.05, 0.1) is 12.0 Å². The molecule has 2 atom stereocenters. The van der Waals surface area contributed by atoms with Crippen LogP contribution in [0.25, 0.3) is 0 Å². The molecule has 2 fully saturated rings. The van der Waals surface area contributed by atoms with E-state index in [9.17, 15) is 4.79 Å². The molecule has 0 saturated carbocycles. The molecule has 104 valence electrons. The van der Waals surface area contributed by atoms with Crippen molar-refractivity contribution in [2.45, 2.75) is 63.6 Å². The highest BCUT2D eigenvalue weighted by Gasteiger charge is 2.37. The molecule has 18 heavy (non-hydrogen) atoms. The number of carbonyl (C=O) groups excluding carboxylic acids is 1. The molecule has 2 heterocycles. The average molecular weight is 254 g/mol. The summed E-state index contributed by atoms with van der Waals surface area (Å²) in [6.07, 6.45) is 5.22. The molecule has 0 spiro atoms. The van der Waals surface area contributed by atoms with E-state index in [0.29, 0.717) is 18.5 Å². The van der Waals surface area contributed by atoms with Gasteiger partial charge in [-0.15, -0.1) is 0 Å². The molecule has 2 aliphatic rings. The Morgan fingerprint density at radius 2 is 2.17 bits per heavy atom. The first-order valence-corrected chi connectivity index (χ1v) is 7.11. The summed E-state index contributed by atoms with van der Waals surface area (Å²) in [6.45, 7) is 5.97. The first kappa shape index (κ1) is 13.8. The van der Waals surface area contributed by atoms with E-state index in [2.05, 4.69) is 10.2 Å². The Kier molecular flexibility index (Phi) is 4.28. The van der Waals surface area contributed by atoms with Crippen molar-refractivity contribution < 1.29 is 9.53 Å². The second-order valence-electron chi connectivity index (χ2n) is 6.14. The lowest BCUT2D eigenvalue weighted by Gasteiger charge is -2.32. The van der Waals surface area contributed by atoms with Crippen LogP contribution < -0.4 is 5.32 Å². The lowest BCUT2D eigenvalue weighted by molar-refractivity contribution is -0.137. The summed E-state index contributed by atoms with van der Waals surface area (Å²) >= 11 is 0. The zero-order valence-corrected chi connectivity index (χ0v) is 11.9. The maximum Gasteiger partial charge on any atom is 0.225 e. The summed E-state index contributed by atoms with van der Waals surface area (Å²) < 4.78 is 5.37. The topological polar surface area (TPSA) is 41.6 Å². The highest BCUT2D eigenvalue weighted by molar-refractivity contribution is 5.78. The van der Waals surface area contributed by atoms with Gasteiger partial charge in [-0.3, -0.25) is 4.79 Å². The largest absolute Gasteiger partial charge is 0.378 e. The molecule has 0 radical (unpaired) electrons. The molecule has 2 rings (SSSR count). The fourth-order valence-corrected chi connectivity index (χ4v) is 3.10. The molecule has 0 bridgehead atoms. The minimum Gasteiger partial charge on any atom is -0.378 e. The molecule has 1 amide bonds. The fraction of sp³-hybridized carbons (Fsp3) is 0.929. The van der Waals surface area contributed by atoms with Crippen molar-refractivity contribution in [1.82, 2.24) is 10.2 Å². The van der Waals surface area contributed by atoms with Gasteiger partial charge in [0.1, 0.15) is 0 Å². The highest BCUT2D eigenvalue weighted by Crippen LogP contribution is 2.27. The molecule has 4 nitrogen and oxygen atoms in total. The average Bonchev–Trinajstić information content (AvgIpc) is 2.98. The Balaban J connectivity index is 1.96. The maximum atomic E-state index is 12.4. The Hall–Kier alpha value is -0.610. The van der Waals surface area contributed by atoms with Gasteiger partial charge in [0, 0.05) is 25.7 Å². The van der Waals surface area contributed by atoms with Crippen LogP contribution in [0.4, 0.5) is 0 Å². The summed E-state index contributed by atoms with van der Waals surface area (Å²) in [5.41, 5.74) is -0.354. The van der Waals surface area contributed by atoms with Crippen molar-refractivity contribution in [1.29, 1.82) is 0 Å². The Morgan fingerprint density at radius 3 is 2.78 bits per heavy atom. The molecule has 4 heteroatoms. The Labute approximate surface area is 110 Å². The molecule has 2 unspecified atom stereocenters. The SMILES string of the molecule is COC(C)(C)CC(=O)N1CCCC1C1CCCN1. The molecule has 0 aromatic heterocycles. The van der Waals surface area contributed by atoms with E-state index in [1.807, 2.05) is 13.8 Å². The lowest BCUT2D eigenvalue weighted by Crippen LogP contribution is -2.48. The van der Waals surface area contributed by atoms with Gasteiger partial charge in [-0.25, -0.2) is 0 Å². The number of carbonyl (C=O) groups is 1. The van der Waals surface area contributed by atoms with Crippen LogP contribution in [0.15, 0.2) is 0 Å². The van der Waals surface area contributed by atoms with Crippen molar-refractivity contribution in [2.24, 2.45) is 0 Å². The van der Waals surface area contributed by atoms with Crippen LogP contribution in [-0.4, -0.2) is 48.7 Å². The molecule has 0 aromatic rings. The molecular formula is C14H26N2O2. The summed E-state index contributed by atoms with van der Waals surface area (Å²) in [4.78, 5) is 14.5. The second kappa shape index (κ2) is 5.57. The monoisotopic (exact) mass is 254 g/mol. The van der Waals surface area contributed by atoms with Crippen molar-refractivity contribution in [2.75, 3.05) is 20.2 Å². The second-order valence-corrected chi connectivity index (χ2v) is 6.14. The highest BCUT2D eigenvalue weighted by atomic mass is 16.5. The third-order valence-electron chi connectivity index (χ3n) is 4.31. The van der Waals surface area contributed by atoms with Crippen LogP contribution in [0.5, 0.6) is 0 Å². The van der Waals surface area contributed by atoms with Crippen LogP contribution in [0.1, 0.15) is 46.0 Å². The summed E-state index contributed by atoms with van der Waals surface area (Å²) in [6, 6.07) is 0.926. The molecular weight excluding hydrogens is 228 g/mol. The number of methoxy groups -OCH3 is 1. The first-order chi connectivity index (χ1) is 8.53. The number of nitrogens with one attached hydrogen (secondary N) is 1. The molecule has 2 saturated heterocycles. The van der Waals surface area contributed by atoms with E-state index >= 15 is 0 Å². The lowest BCUT2D eigenvalue weighted by atomic mass is 10.0. The third-order valence-corrected chi connectivity index (χ3v) is 4.31. The first-order valence-electron chi connectivity index (χ1n) is 7.11. The number of ether oxygens (including phenoxy) is 1. The summed E-state index contributed by atoms with van der Waals surface area (Å²) in [5, 5.41) is 3.54. The van der Waals surface area contributed by atoms with Crippen molar-refractivity contribution in [3.63, 3.8) is 0 Å². The molecule has 2 aliphatic heterocycles. The molecule has 0 aliphatic carbocycles. The minimum absolute atomic E-state index is 0.248. The molecule has 1 N–H and O–H groups in total. The number of likely N-dealkylation sites (tertiary alicyclic amines) is 1. The quantitative estimate of drug-likeness (QED) is 0.827. The van der Waals surface area contributed by atoms with Gasteiger partial charge in [0.25, 0.3) is 0 Å². The minimum atomic E-state index is -0.354. The zero-order chi connectivity index (χ0) is 13.2. The fourth-order valence-electron chi connectivity index (χ4n) is 3.10. The number of nitrogens with zero attached hydrogens (tertiary/aromatic N) is 1. The Bertz CT molecular complexity index is 298. The summed E-state index contributed by atoms with van der Waals surface area (Å²) in [5.74, 6) is 0.248. The Morgan fingerprint density at radius 1 is 1.39 bits per heavy atom. The number of rotatable bonds is 4.